The summed E-state index contributed by atoms with van der Waals surface area (Å²) >= 11 is 5.77. The predicted molar refractivity (Wildman–Crippen MR) is 85.1 cm³/mol. The summed E-state index contributed by atoms with van der Waals surface area (Å²) in [5, 5.41) is 29.3. The average Bonchev–Trinajstić information content (AvgIpc) is 3.16. The number of aromatic nitrogens is 5. The Balaban J connectivity index is 1.89. The fourth-order valence-electron chi connectivity index (χ4n) is 2.93. The summed E-state index contributed by atoms with van der Waals surface area (Å²) < 4.78 is 8.16. The Morgan fingerprint density at radius 2 is 2.00 bits per heavy atom. The smallest absolute Gasteiger partial charge is 0.259 e. The van der Waals surface area contributed by atoms with Crippen LogP contribution in [0.5, 0.6) is 0 Å². The van der Waals surface area contributed by atoms with Crippen LogP contribution in [0.25, 0.3) is 16.8 Å². The first-order valence-electron chi connectivity index (χ1n) is 7.47. The zero-order chi connectivity index (χ0) is 17.7. The molecule has 0 unspecified atom stereocenters. The molecular weight excluding hydrogens is 354 g/mol. The van der Waals surface area contributed by atoms with E-state index in [0.29, 0.717) is 16.9 Å². The Labute approximate surface area is 144 Å². The van der Waals surface area contributed by atoms with Gasteiger partial charge in [-0.25, -0.2) is 19.4 Å². The molecule has 25 heavy (non-hydrogen) atoms. The Kier molecular flexibility index (Phi) is 3.93. The van der Waals surface area contributed by atoms with Crippen molar-refractivity contribution in [3.8, 4) is 0 Å². The first-order chi connectivity index (χ1) is 12.0. The monoisotopic (exact) mass is 367 g/mol. The number of rotatable bonds is 3. The number of aliphatic hydroxyl groups is 3. The van der Waals surface area contributed by atoms with E-state index in [2.05, 4.69) is 15.0 Å². The van der Waals surface area contributed by atoms with Gasteiger partial charge in [-0.3, -0.25) is 9.36 Å². The van der Waals surface area contributed by atoms with Gasteiger partial charge in [0.25, 0.3) is 5.56 Å². The molecule has 3 aromatic heterocycles. The summed E-state index contributed by atoms with van der Waals surface area (Å²) in [5.41, 5.74) is 0.982. The van der Waals surface area contributed by atoms with Crippen molar-refractivity contribution in [2.45, 2.75) is 30.4 Å². The van der Waals surface area contributed by atoms with E-state index in [1.807, 2.05) is 0 Å². The lowest BCUT2D eigenvalue weighted by atomic mass is 10.1. The SMILES string of the molecule is O=c1cc(CCl)nc2c3ncn([C@@H]4O[C@@H](CO)[C@@H](O)[C@H]4O)c3ncn12. The topological polar surface area (TPSA) is 135 Å². The van der Waals surface area contributed by atoms with Crippen LogP contribution in [-0.2, 0) is 10.6 Å². The number of nitrogens with zero attached hydrogens (tertiary/aromatic N) is 5. The third kappa shape index (κ3) is 2.41. The van der Waals surface area contributed by atoms with Crippen molar-refractivity contribution >= 4 is 28.4 Å². The molecule has 3 N–H and O–H groups in total. The number of aliphatic hydroxyl groups excluding tert-OH is 3. The highest BCUT2D eigenvalue weighted by Crippen LogP contribution is 2.31. The van der Waals surface area contributed by atoms with E-state index >= 15 is 0 Å². The van der Waals surface area contributed by atoms with Crippen LogP contribution in [0.1, 0.15) is 11.9 Å². The highest BCUT2D eigenvalue weighted by molar-refractivity contribution is 6.16. The van der Waals surface area contributed by atoms with Gasteiger partial charge in [-0.05, 0) is 0 Å². The largest absolute Gasteiger partial charge is 0.394 e. The molecule has 0 saturated carbocycles. The molecule has 132 valence electrons. The molecule has 4 heterocycles. The van der Waals surface area contributed by atoms with E-state index < -0.39 is 31.1 Å². The summed E-state index contributed by atoms with van der Waals surface area (Å²) in [5.74, 6) is 0.0745. The van der Waals surface area contributed by atoms with Gasteiger partial charge in [0.2, 0.25) is 0 Å². The van der Waals surface area contributed by atoms with Gasteiger partial charge in [-0.2, -0.15) is 0 Å². The second-order valence-corrected chi connectivity index (χ2v) is 5.98. The highest BCUT2D eigenvalue weighted by Gasteiger charge is 2.44. The van der Waals surface area contributed by atoms with E-state index in [4.69, 9.17) is 16.3 Å². The normalized spacial score (nSPS) is 26.7. The molecule has 0 spiro atoms. The van der Waals surface area contributed by atoms with Crippen molar-refractivity contribution in [1.82, 2.24) is 23.9 Å². The van der Waals surface area contributed by atoms with E-state index in [1.54, 1.807) is 0 Å². The molecule has 3 aromatic rings. The standard InChI is InChI=1S/C14H14ClN5O5/c15-2-6-1-8(22)19-5-17-12-9(13(19)18-6)16-4-20(12)14-11(24)10(23)7(3-21)25-14/h1,4-5,7,10-11,14,21,23-24H,2-3H2/t7-,10+,11+,14+/m0/s1. The number of imidazole rings is 1. The summed E-state index contributed by atoms with van der Waals surface area (Å²) in [6.07, 6.45) is -1.73. The molecule has 0 aromatic carbocycles. The second-order valence-electron chi connectivity index (χ2n) is 5.71. The third-order valence-corrected chi connectivity index (χ3v) is 4.48. The van der Waals surface area contributed by atoms with E-state index in [0.717, 1.165) is 0 Å². The molecule has 0 bridgehead atoms. The van der Waals surface area contributed by atoms with Crippen LogP contribution in [0, 0.1) is 0 Å². The second kappa shape index (κ2) is 6.00. The number of halogens is 1. The van der Waals surface area contributed by atoms with Crippen molar-refractivity contribution in [1.29, 1.82) is 0 Å². The van der Waals surface area contributed by atoms with Crippen LogP contribution in [0.2, 0.25) is 0 Å². The van der Waals surface area contributed by atoms with Gasteiger partial charge in [-0.15, -0.1) is 11.6 Å². The minimum absolute atomic E-state index is 0.0745. The summed E-state index contributed by atoms with van der Waals surface area (Å²) in [4.78, 5) is 24.8. The van der Waals surface area contributed by atoms with E-state index in [-0.39, 0.29) is 17.1 Å². The van der Waals surface area contributed by atoms with E-state index in [9.17, 15) is 20.1 Å². The molecule has 1 aliphatic rings. The van der Waals surface area contributed by atoms with Crippen LogP contribution in [-0.4, -0.2) is 64.2 Å². The van der Waals surface area contributed by atoms with Crippen LogP contribution < -0.4 is 5.56 Å². The number of alkyl halides is 1. The van der Waals surface area contributed by atoms with Gasteiger partial charge in [0.1, 0.15) is 24.6 Å². The molecular formula is C14H14ClN5O5. The van der Waals surface area contributed by atoms with Crippen molar-refractivity contribution in [2.75, 3.05) is 6.61 Å². The van der Waals surface area contributed by atoms with Crippen molar-refractivity contribution < 1.29 is 20.1 Å². The van der Waals surface area contributed by atoms with Crippen LogP contribution in [0.3, 0.4) is 0 Å². The van der Waals surface area contributed by atoms with Crippen molar-refractivity contribution in [3.05, 3.63) is 34.8 Å². The van der Waals surface area contributed by atoms with Crippen LogP contribution >= 0.6 is 11.6 Å². The van der Waals surface area contributed by atoms with Crippen LogP contribution in [0.15, 0.2) is 23.5 Å². The fourth-order valence-corrected chi connectivity index (χ4v) is 3.07. The zero-order valence-electron chi connectivity index (χ0n) is 12.7. The number of hydrogen-bond acceptors (Lipinski definition) is 8. The maximum atomic E-state index is 12.1. The minimum atomic E-state index is -1.27. The molecule has 4 atom stereocenters. The molecule has 0 amide bonds. The first-order valence-corrected chi connectivity index (χ1v) is 8.01. The minimum Gasteiger partial charge on any atom is -0.394 e. The lowest BCUT2D eigenvalue weighted by molar-refractivity contribution is -0.0511. The first kappa shape index (κ1) is 16.4. The molecule has 10 nitrogen and oxygen atoms in total. The Bertz CT molecular complexity index is 1000. The third-order valence-electron chi connectivity index (χ3n) is 4.21. The maximum Gasteiger partial charge on any atom is 0.259 e. The number of ether oxygens (including phenoxy) is 1. The van der Waals surface area contributed by atoms with Gasteiger partial charge in [0.15, 0.2) is 23.0 Å². The highest BCUT2D eigenvalue weighted by atomic mass is 35.5. The maximum absolute atomic E-state index is 12.1. The van der Waals surface area contributed by atoms with Crippen molar-refractivity contribution in [2.24, 2.45) is 0 Å². The molecule has 4 rings (SSSR count). The lowest BCUT2D eigenvalue weighted by Crippen LogP contribution is -2.33. The molecule has 0 aliphatic carbocycles. The van der Waals surface area contributed by atoms with Gasteiger partial charge in [-0.1, -0.05) is 0 Å². The molecule has 0 radical (unpaired) electrons. The number of fused-ring (bicyclic) bond motifs is 3. The van der Waals surface area contributed by atoms with Crippen molar-refractivity contribution in [3.63, 3.8) is 0 Å². The Morgan fingerprint density at radius 1 is 1.20 bits per heavy atom. The molecule has 11 heteroatoms. The van der Waals surface area contributed by atoms with Gasteiger partial charge >= 0.3 is 0 Å². The van der Waals surface area contributed by atoms with Gasteiger partial charge in [0, 0.05) is 6.07 Å². The quantitative estimate of drug-likeness (QED) is 0.491. The predicted octanol–water partition coefficient (Wildman–Crippen LogP) is -1.21. The fraction of sp³-hybridized carbons (Fsp3) is 0.429. The zero-order valence-corrected chi connectivity index (χ0v) is 13.5. The summed E-state index contributed by atoms with van der Waals surface area (Å²) in [7, 11) is 0. The number of hydrogen-bond donors (Lipinski definition) is 3. The Hall–Kier alpha value is -2.11. The van der Waals surface area contributed by atoms with Gasteiger partial charge in [0.05, 0.1) is 24.5 Å². The van der Waals surface area contributed by atoms with Gasteiger partial charge < -0.3 is 20.1 Å². The average molecular weight is 368 g/mol. The Morgan fingerprint density at radius 3 is 2.68 bits per heavy atom. The summed E-state index contributed by atoms with van der Waals surface area (Å²) in [6.45, 7) is -0.437. The summed E-state index contributed by atoms with van der Waals surface area (Å²) in [6, 6.07) is 1.32. The molecule has 1 fully saturated rings. The molecule has 1 aliphatic heterocycles. The lowest BCUT2D eigenvalue weighted by Gasteiger charge is -2.16. The van der Waals surface area contributed by atoms with Crippen LogP contribution in [0.4, 0.5) is 0 Å². The van der Waals surface area contributed by atoms with E-state index in [1.165, 1.54) is 27.7 Å². The molecule has 1 saturated heterocycles.